The molecule has 0 amide bonds. The fraction of sp³-hybridized carbons (Fsp3) is 0.500. The molecule has 5 nitrogen and oxygen atoms in total. The average molecular weight is 258 g/mol. The summed E-state index contributed by atoms with van der Waals surface area (Å²) >= 11 is 0. The van der Waals surface area contributed by atoms with Crippen molar-refractivity contribution < 1.29 is 4.52 Å². The summed E-state index contributed by atoms with van der Waals surface area (Å²) in [7, 11) is 0. The Balaban J connectivity index is 1.82. The van der Waals surface area contributed by atoms with Gasteiger partial charge >= 0.3 is 0 Å². The molecule has 2 aromatic rings. The Hall–Kier alpha value is -1.75. The third kappa shape index (κ3) is 2.26. The van der Waals surface area contributed by atoms with E-state index < -0.39 is 0 Å². The molecule has 1 aliphatic carbocycles. The molecule has 0 aliphatic heterocycles. The van der Waals surface area contributed by atoms with Gasteiger partial charge in [-0.1, -0.05) is 11.6 Å². The van der Waals surface area contributed by atoms with Crippen LogP contribution in [-0.4, -0.2) is 21.7 Å². The highest BCUT2D eigenvalue weighted by molar-refractivity contribution is 5.57. The maximum absolute atomic E-state index is 5.86. The zero-order chi connectivity index (χ0) is 13.3. The molecule has 0 aromatic carbocycles. The van der Waals surface area contributed by atoms with Gasteiger partial charge in [0, 0.05) is 24.4 Å². The number of rotatable bonds is 4. The molecule has 5 heteroatoms. The molecule has 0 spiro atoms. The quantitative estimate of drug-likeness (QED) is 0.908. The SMILES string of the molecule is Cc1cnccc1-c1noc(CC2(CN)CCC2)n1. The molecule has 100 valence electrons. The van der Waals surface area contributed by atoms with Gasteiger partial charge in [0.15, 0.2) is 0 Å². The van der Waals surface area contributed by atoms with Crippen molar-refractivity contribution in [2.45, 2.75) is 32.6 Å². The Morgan fingerprint density at radius 1 is 1.42 bits per heavy atom. The van der Waals surface area contributed by atoms with Gasteiger partial charge in [-0.2, -0.15) is 4.98 Å². The lowest BCUT2D eigenvalue weighted by Crippen LogP contribution is -2.39. The Bertz CT molecular complexity index is 569. The molecule has 2 N–H and O–H groups in total. The van der Waals surface area contributed by atoms with Crippen molar-refractivity contribution >= 4 is 0 Å². The molecule has 2 aromatic heterocycles. The Morgan fingerprint density at radius 2 is 2.26 bits per heavy atom. The Labute approximate surface area is 112 Å². The summed E-state index contributed by atoms with van der Waals surface area (Å²) in [6.45, 7) is 2.69. The number of hydrogen-bond donors (Lipinski definition) is 1. The van der Waals surface area contributed by atoms with E-state index in [0.29, 0.717) is 18.3 Å². The van der Waals surface area contributed by atoms with E-state index >= 15 is 0 Å². The van der Waals surface area contributed by atoms with Crippen molar-refractivity contribution in [1.82, 2.24) is 15.1 Å². The van der Waals surface area contributed by atoms with Gasteiger partial charge in [0.1, 0.15) is 0 Å². The second-order valence-corrected chi connectivity index (χ2v) is 5.44. The molecule has 0 saturated heterocycles. The largest absolute Gasteiger partial charge is 0.339 e. The minimum atomic E-state index is 0.192. The van der Waals surface area contributed by atoms with Crippen LogP contribution in [0.5, 0.6) is 0 Å². The maximum atomic E-state index is 5.86. The van der Waals surface area contributed by atoms with Crippen molar-refractivity contribution in [2.75, 3.05) is 6.54 Å². The lowest BCUT2D eigenvalue weighted by Gasteiger charge is -2.39. The third-order valence-corrected chi connectivity index (χ3v) is 4.10. The van der Waals surface area contributed by atoms with Crippen LogP contribution >= 0.6 is 0 Å². The fourth-order valence-corrected chi connectivity index (χ4v) is 2.61. The first-order valence-electron chi connectivity index (χ1n) is 6.66. The predicted octanol–water partition coefficient (Wildman–Crippen LogP) is 2.11. The Kier molecular flexibility index (Phi) is 3.06. The van der Waals surface area contributed by atoms with Crippen LogP contribution in [0.1, 0.15) is 30.7 Å². The molecule has 1 aliphatic rings. The van der Waals surface area contributed by atoms with Crippen LogP contribution in [-0.2, 0) is 6.42 Å². The number of hydrogen-bond acceptors (Lipinski definition) is 5. The van der Waals surface area contributed by atoms with E-state index in [9.17, 15) is 0 Å². The maximum Gasteiger partial charge on any atom is 0.227 e. The van der Waals surface area contributed by atoms with Crippen LogP contribution < -0.4 is 5.73 Å². The van der Waals surface area contributed by atoms with Gasteiger partial charge in [0.25, 0.3) is 0 Å². The summed E-state index contributed by atoms with van der Waals surface area (Å²) in [5.41, 5.74) is 8.07. The number of nitrogens with two attached hydrogens (primary N) is 1. The average Bonchev–Trinajstić information content (AvgIpc) is 2.83. The van der Waals surface area contributed by atoms with Gasteiger partial charge in [-0.25, -0.2) is 0 Å². The van der Waals surface area contributed by atoms with E-state index in [2.05, 4.69) is 15.1 Å². The van der Waals surface area contributed by atoms with Crippen molar-refractivity contribution in [2.24, 2.45) is 11.1 Å². The molecule has 19 heavy (non-hydrogen) atoms. The van der Waals surface area contributed by atoms with Crippen LogP contribution in [0.2, 0.25) is 0 Å². The predicted molar refractivity (Wildman–Crippen MR) is 71.3 cm³/mol. The molecule has 0 bridgehead atoms. The fourth-order valence-electron chi connectivity index (χ4n) is 2.61. The molecule has 1 saturated carbocycles. The molecular weight excluding hydrogens is 240 g/mol. The van der Waals surface area contributed by atoms with Crippen LogP contribution in [0.15, 0.2) is 23.0 Å². The normalized spacial score (nSPS) is 17.2. The summed E-state index contributed by atoms with van der Waals surface area (Å²) in [6, 6.07) is 1.91. The highest BCUT2D eigenvalue weighted by Crippen LogP contribution is 2.42. The number of pyridine rings is 1. The first kappa shape index (κ1) is 12.3. The van der Waals surface area contributed by atoms with Gasteiger partial charge in [-0.15, -0.1) is 0 Å². The molecule has 3 rings (SSSR count). The van der Waals surface area contributed by atoms with E-state index in [4.69, 9.17) is 10.3 Å². The highest BCUT2D eigenvalue weighted by Gasteiger charge is 2.37. The molecule has 2 heterocycles. The number of nitrogens with zero attached hydrogens (tertiary/aromatic N) is 3. The standard InChI is InChI=1S/C14H18N4O/c1-10-8-16-6-3-11(10)13-17-12(19-18-13)7-14(9-15)4-2-5-14/h3,6,8H,2,4-5,7,9,15H2,1H3. The lowest BCUT2D eigenvalue weighted by atomic mass is 9.67. The molecule has 0 atom stereocenters. The summed E-state index contributed by atoms with van der Waals surface area (Å²) < 4.78 is 5.37. The van der Waals surface area contributed by atoms with E-state index in [-0.39, 0.29) is 5.41 Å². The highest BCUT2D eigenvalue weighted by atomic mass is 16.5. The van der Waals surface area contributed by atoms with Crippen LogP contribution in [0.4, 0.5) is 0 Å². The van der Waals surface area contributed by atoms with E-state index in [1.165, 1.54) is 6.42 Å². The van der Waals surface area contributed by atoms with Crippen LogP contribution in [0.25, 0.3) is 11.4 Å². The topological polar surface area (TPSA) is 77.8 Å². The molecule has 0 radical (unpaired) electrons. The van der Waals surface area contributed by atoms with Gasteiger partial charge in [0.05, 0.1) is 0 Å². The first-order chi connectivity index (χ1) is 9.22. The zero-order valence-electron chi connectivity index (χ0n) is 11.1. The second-order valence-electron chi connectivity index (χ2n) is 5.44. The van der Waals surface area contributed by atoms with Crippen LogP contribution in [0.3, 0.4) is 0 Å². The second kappa shape index (κ2) is 4.74. The van der Waals surface area contributed by atoms with E-state index in [1.807, 2.05) is 13.0 Å². The Morgan fingerprint density at radius 3 is 2.89 bits per heavy atom. The lowest BCUT2D eigenvalue weighted by molar-refractivity contribution is 0.129. The minimum absolute atomic E-state index is 0.192. The van der Waals surface area contributed by atoms with Crippen LogP contribution in [0, 0.1) is 12.3 Å². The molecule has 1 fully saturated rings. The number of aromatic nitrogens is 3. The van der Waals surface area contributed by atoms with Crippen molar-refractivity contribution in [3.63, 3.8) is 0 Å². The first-order valence-corrected chi connectivity index (χ1v) is 6.66. The molecule has 0 unspecified atom stereocenters. The summed E-state index contributed by atoms with van der Waals surface area (Å²) in [4.78, 5) is 8.56. The third-order valence-electron chi connectivity index (χ3n) is 4.10. The summed E-state index contributed by atoms with van der Waals surface area (Å²) in [5.74, 6) is 1.33. The minimum Gasteiger partial charge on any atom is -0.339 e. The smallest absolute Gasteiger partial charge is 0.227 e. The van der Waals surface area contributed by atoms with Crippen molar-refractivity contribution in [3.05, 3.63) is 29.9 Å². The monoisotopic (exact) mass is 258 g/mol. The van der Waals surface area contributed by atoms with Crippen molar-refractivity contribution in [3.8, 4) is 11.4 Å². The zero-order valence-corrected chi connectivity index (χ0v) is 11.1. The summed E-state index contributed by atoms with van der Waals surface area (Å²) in [5, 5.41) is 4.07. The summed E-state index contributed by atoms with van der Waals surface area (Å²) in [6.07, 6.45) is 7.91. The van der Waals surface area contributed by atoms with Crippen molar-refractivity contribution in [1.29, 1.82) is 0 Å². The van der Waals surface area contributed by atoms with Gasteiger partial charge < -0.3 is 10.3 Å². The van der Waals surface area contributed by atoms with Gasteiger partial charge in [-0.3, -0.25) is 4.98 Å². The number of aryl methyl sites for hydroxylation is 1. The van der Waals surface area contributed by atoms with E-state index in [0.717, 1.165) is 30.4 Å². The van der Waals surface area contributed by atoms with Gasteiger partial charge in [-0.05, 0) is 43.4 Å². The van der Waals surface area contributed by atoms with E-state index in [1.54, 1.807) is 12.4 Å². The molecular formula is C14H18N4O. The van der Waals surface area contributed by atoms with Gasteiger partial charge in [0.2, 0.25) is 11.7 Å².